The highest BCUT2D eigenvalue weighted by molar-refractivity contribution is 6.30. The van der Waals surface area contributed by atoms with Gasteiger partial charge in [0.05, 0.1) is 20.3 Å². The number of nitrogens with zero attached hydrogens (tertiary/aromatic N) is 1. The van der Waals surface area contributed by atoms with Gasteiger partial charge >= 0.3 is 0 Å². The average Bonchev–Trinajstić information content (AvgIpc) is 2.61. The van der Waals surface area contributed by atoms with Crippen LogP contribution in [0.3, 0.4) is 0 Å². The molecule has 2 rings (SSSR count). The molecule has 1 amide bonds. The Labute approximate surface area is 159 Å². The van der Waals surface area contributed by atoms with Crippen LogP contribution in [0.25, 0.3) is 0 Å². The predicted molar refractivity (Wildman–Crippen MR) is 104 cm³/mol. The maximum absolute atomic E-state index is 12.2. The third-order valence-electron chi connectivity index (χ3n) is 3.80. The van der Waals surface area contributed by atoms with Crippen molar-refractivity contribution in [3.63, 3.8) is 0 Å². The Morgan fingerprint density at radius 2 is 2.04 bits per heavy atom. The first kappa shape index (κ1) is 20.1. The van der Waals surface area contributed by atoms with Crippen LogP contribution in [-0.2, 0) is 17.9 Å². The minimum absolute atomic E-state index is 0.0460. The summed E-state index contributed by atoms with van der Waals surface area (Å²) in [5, 5.41) is 3.58. The number of likely N-dealkylation sites (N-methyl/N-ethyl adjacent to an activating group) is 1. The Kier molecular flexibility index (Phi) is 7.75. The fourth-order valence-electron chi connectivity index (χ4n) is 2.63. The van der Waals surface area contributed by atoms with Crippen molar-refractivity contribution in [2.45, 2.75) is 20.0 Å². The Balaban J connectivity index is 1.85. The minimum atomic E-state index is -0.0460. The number of halogens is 1. The van der Waals surface area contributed by atoms with E-state index in [1.54, 1.807) is 13.2 Å². The summed E-state index contributed by atoms with van der Waals surface area (Å²) in [5.74, 6) is 1.52. The van der Waals surface area contributed by atoms with E-state index in [4.69, 9.17) is 21.1 Å². The summed E-state index contributed by atoms with van der Waals surface area (Å²) in [4.78, 5) is 14.1. The lowest BCUT2D eigenvalue weighted by Gasteiger charge is -2.18. The molecule has 2 aromatic rings. The summed E-state index contributed by atoms with van der Waals surface area (Å²) in [6.45, 7) is 3.87. The molecule has 0 aromatic heterocycles. The van der Waals surface area contributed by atoms with E-state index in [9.17, 15) is 4.79 Å². The van der Waals surface area contributed by atoms with Crippen LogP contribution in [0.2, 0.25) is 5.02 Å². The van der Waals surface area contributed by atoms with E-state index in [1.807, 2.05) is 55.3 Å². The van der Waals surface area contributed by atoms with E-state index in [2.05, 4.69) is 5.32 Å². The SMILES string of the molecule is CCOc1cccc(CNC(=O)CN(C)Cc2cc(Cl)ccc2OC)c1. The molecular weight excluding hydrogens is 352 g/mol. The van der Waals surface area contributed by atoms with Gasteiger partial charge in [-0.25, -0.2) is 0 Å². The monoisotopic (exact) mass is 376 g/mol. The molecular formula is C20H25ClN2O3. The van der Waals surface area contributed by atoms with E-state index >= 15 is 0 Å². The molecule has 5 nitrogen and oxygen atoms in total. The van der Waals surface area contributed by atoms with Crippen molar-refractivity contribution in [3.8, 4) is 11.5 Å². The summed E-state index contributed by atoms with van der Waals surface area (Å²) < 4.78 is 10.8. The lowest BCUT2D eigenvalue weighted by molar-refractivity contribution is -0.122. The van der Waals surface area contributed by atoms with E-state index in [-0.39, 0.29) is 12.5 Å². The molecule has 0 aliphatic carbocycles. The number of rotatable bonds is 9. The van der Waals surface area contributed by atoms with E-state index in [0.29, 0.717) is 24.7 Å². The smallest absolute Gasteiger partial charge is 0.234 e. The summed E-state index contributed by atoms with van der Waals surface area (Å²) in [7, 11) is 3.51. The number of ether oxygens (including phenoxy) is 2. The highest BCUT2D eigenvalue weighted by Crippen LogP contribution is 2.23. The second-order valence-electron chi connectivity index (χ2n) is 5.99. The number of amides is 1. The van der Waals surface area contributed by atoms with E-state index < -0.39 is 0 Å². The Morgan fingerprint density at radius 1 is 1.23 bits per heavy atom. The minimum Gasteiger partial charge on any atom is -0.496 e. The zero-order valence-electron chi connectivity index (χ0n) is 15.4. The third-order valence-corrected chi connectivity index (χ3v) is 4.03. The number of hydrogen-bond acceptors (Lipinski definition) is 4. The van der Waals surface area contributed by atoms with Crippen molar-refractivity contribution < 1.29 is 14.3 Å². The van der Waals surface area contributed by atoms with Gasteiger partial charge in [0.2, 0.25) is 5.91 Å². The summed E-state index contributed by atoms with van der Waals surface area (Å²) >= 11 is 6.05. The first-order valence-electron chi connectivity index (χ1n) is 8.51. The zero-order chi connectivity index (χ0) is 18.9. The van der Waals surface area contributed by atoms with Gasteiger partial charge in [0.1, 0.15) is 11.5 Å². The van der Waals surface area contributed by atoms with Gasteiger partial charge in [0.25, 0.3) is 0 Å². The van der Waals surface area contributed by atoms with Crippen molar-refractivity contribution >= 4 is 17.5 Å². The molecule has 0 radical (unpaired) electrons. The molecule has 0 aliphatic rings. The quantitative estimate of drug-likeness (QED) is 0.727. The fraction of sp³-hybridized carbons (Fsp3) is 0.350. The van der Waals surface area contributed by atoms with Crippen molar-refractivity contribution in [2.24, 2.45) is 0 Å². The predicted octanol–water partition coefficient (Wildman–Crippen LogP) is 3.50. The molecule has 0 bridgehead atoms. The maximum atomic E-state index is 12.2. The van der Waals surface area contributed by atoms with Crippen LogP contribution < -0.4 is 14.8 Å². The molecule has 0 spiro atoms. The summed E-state index contributed by atoms with van der Waals surface area (Å²) in [5.41, 5.74) is 1.95. The Morgan fingerprint density at radius 3 is 2.77 bits per heavy atom. The lowest BCUT2D eigenvalue weighted by atomic mass is 10.2. The van der Waals surface area contributed by atoms with Gasteiger partial charge in [-0.3, -0.25) is 9.69 Å². The molecule has 0 fully saturated rings. The number of benzene rings is 2. The van der Waals surface area contributed by atoms with Crippen LogP contribution in [0.5, 0.6) is 11.5 Å². The van der Waals surface area contributed by atoms with Crippen LogP contribution in [0, 0.1) is 0 Å². The topological polar surface area (TPSA) is 50.8 Å². The Hall–Kier alpha value is -2.24. The summed E-state index contributed by atoms with van der Waals surface area (Å²) in [6.07, 6.45) is 0. The third kappa shape index (κ3) is 6.24. The molecule has 6 heteroatoms. The number of carbonyl (C=O) groups is 1. The molecule has 140 valence electrons. The molecule has 2 aromatic carbocycles. The zero-order valence-corrected chi connectivity index (χ0v) is 16.2. The van der Waals surface area contributed by atoms with Gasteiger partial charge in [0.15, 0.2) is 0 Å². The molecule has 0 unspecified atom stereocenters. The van der Waals surface area contributed by atoms with E-state index in [1.165, 1.54) is 0 Å². The highest BCUT2D eigenvalue weighted by Gasteiger charge is 2.11. The van der Waals surface area contributed by atoms with Gasteiger partial charge in [-0.15, -0.1) is 0 Å². The number of hydrogen-bond donors (Lipinski definition) is 1. The highest BCUT2D eigenvalue weighted by atomic mass is 35.5. The normalized spacial score (nSPS) is 10.7. The first-order valence-corrected chi connectivity index (χ1v) is 8.89. The molecule has 0 saturated heterocycles. The number of carbonyl (C=O) groups excluding carboxylic acids is 1. The largest absolute Gasteiger partial charge is 0.496 e. The standard InChI is InChI=1S/C20H25ClN2O3/c1-4-26-18-7-5-6-15(10-18)12-22-20(24)14-23(2)13-16-11-17(21)8-9-19(16)25-3/h5-11H,4,12-14H2,1-3H3,(H,22,24). The molecule has 26 heavy (non-hydrogen) atoms. The maximum Gasteiger partial charge on any atom is 0.234 e. The fourth-order valence-corrected chi connectivity index (χ4v) is 2.83. The molecule has 0 heterocycles. The van der Waals surface area contributed by atoms with E-state index in [0.717, 1.165) is 22.6 Å². The first-order chi connectivity index (χ1) is 12.5. The van der Waals surface area contributed by atoms with Crippen LogP contribution in [0.15, 0.2) is 42.5 Å². The van der Waals surface area contributed by atoms with Crippen LogP contribution in [0.4, 0.5) is 0 Å². The summed E-state index contributed by atoms with van der Waals surface area (Å²) in [6, 6.07) is 13.2. The van der Waals surface area contributed by atoms with Crippen molar-refractivity contribution in [2.75, 3.05) is 27.3 Å². The second-order valence-corrected chi connectivity index (χ2v) is 6.42. The number of methoxy groups -OCH3 is 1. The molecule has 0 saturated carbocycles. The van der Waals surface area contributed by atoms with Crippen LogP contribution in [-0.4, -0.2) is 38.1 Å². The Bertz CT molecular complexity index is 737. The molecule has 0 atom stereocenters. The van der Waals surface area contributed by atoms with Gasteiger partial charge in [-0.05, 0) is 49.9 Å². The van der Waals surface area contributed by atoms with Crippen molar-refractivity contribution in [1.82, 2.24) is 10.2 Å². The van der Waals surface area contributed by atoms with Gasteiger partial charge < -0.3 is 14.8 Å². The van der Waals surface area contributed by atoms with Gasteiger partial charge in [-0.1, -0.05) is 23.7 Å². The van der Waals surface area contributed by atoms with Crippen molar-refractivity contribution in [1.29, 1.82) is 0 Å². The van der Waals surface area contributed by atoms with Crippen LogP contribution in [0.1, 0.15) is 18.1 Å². The van der Waals surface area contributed by atoms with Gasteiger partial charge in [-0.2, -0.15) is 0 Å². The van der Waals surface area contributed by atoms with Gasteiger partial charge in [0, 0.05) is 23.7 Å². The molecule has 0 aliphatic heterocycles. The number of nitrogens with one attached hydrogen (secondary N) is 1. The van der Waals surface area contributed by atoms with Crippen molar-refractivity contribution in [3.05, 3.63) is 58.6 Å². The molecule has 1 N–H and O–H groups in total. The average molecular weight is 377 g/mol. The second kappa shape index (κ2) is 10.0. The lowest BCUT2D eigenvalue weighted by Crippen LogP contribution is -2.34. The van der Waals surface area contributed by atoms with Crippen LogP contribution >= 0.6 is 11.6 Å².